The van der Waals surface area contributed by atoms with Gasteiger partial charge in [0.25, 0.3) is 0 Å². The maximum absolute atomic E-state index is 4.25. The summed E-state index contributed by atoms with van der Waals surface area (Å²) in [7, 11) is 0. The normalized spacial score (nSPS) is 18.4. The van der Waals surface area contributed by atoms with Crippen LogP contribution < -0.4 is 0 Å². The first kappa shape index (κ1) is 8.65. The fourth-order valence-electron chi connectivity index (χ4n) is 2.41. The Hall–Kier alpha value is -1.64. The van der Waals surface area contributed by atoms with Crippen LogP contribution in [-0.2, 0) is 5.41 Å². The van der Waals surface area contributed by atoms with Gasteiger partial charge in [0.15, 0.2) is 0 Å². The number of H-pyrrole nitrogens is 1. The molecule has 3 rings (SSSR count). The van der Waals surface area contributed by atoms with Crippen molar-refractivity contribution in [2.45, 2.75) is 24.7 Å². The van der Waals surface area contributed by atoms with Crippen LogP contribution in [0.4, 0.5) is 0 Å². The van der Waals surface area contributed by atoms with Crippen molar-refractivity contribution in [2.24, 2.45) is 0 Å². The van der Waals surface area contributed by atoms with E-state index in [1.807, 2.05) is 6.20 Å². The van der Waals surface area contributed by atoms with E-state index in [1.165, 1.54) is 24.8 Å². The van der Waals surface area contributed by atoms with Crippen LogP contribution in [0.5, 0.6) is 0 Å². The number of hydrogen-bond acceptors (Lipinski definition) is 2. The van der Waals surface area contributed by atoms with E-state index in [2.05, 4.69) is 45.7 Å². The molecule has 0 radical (unpaired) electrons. The minimum Gasteiger partial charge on any atom is -0.198 e. The molecule has 1 saturated carbocycles. The third kappa shape index (κ3) is 1.19. The highest BCUT2D eigenvalue weighted by atomic mass is 15.3. The van der Waals surface area contributed by atoms with Crippen LogP contribution >= 0.6 is 0 Å². The zero-order valence-electron chi connectivity index (χ0n) is 8.48. The fraction of sp³-hybridized carbons (Fsp3) is 0.333. The standard InChI is InChI=1S/C12H13N3/c1-2-5-10(6-3-1)12(7-4-8-12)11-9-13-15-14-11/h1-3,5-6,9H,4,7-8H2,(H,13,14,15). The third-order valence-corrected chi connectivity index (χ3v) is 3.44. The van der Waals surface area contributed by atoms with E-state index in [-0.39, 0.29) is 5.41 Å². The van der Waals surface area contributed by atoms with Crippen molar-refractivity contribution < 1.29 is 0 Å². The van der Waals surface area contributed by atoms with Gasteiger partial charge in [0.1, 0.15) is 0 Å². The second-order valence-corrected chi connectivity index (χ2v) is 4.16. The zero-order valence-corrected chi connectivity index (χ0v) is 8.48. The van der Waals surface area contributed by atoms with E-state index in [9.17, 15) is 0 Å². The monoisotopic (exact) mass is 199 g/mol. The maximum atomic E-state index is 4.25. The molecule has 0 unspecified atom stereocenters. The molecule has 3 nitrogen and oxygen atoms in total. The molecule has 1 aromatic heterocycles. The van der Waals surface area contributed by atoms with Crippen LogP contribution in [0.1, 0.15) is 30.5 Å². The predicted octanol–water partition coefficient (Wildman–Crippen LogP) is 2.27. The van der Waals surface area contributed by atoms with Crippen molar-refractivity contribution in [3.8, 4) is 0 Å². The first-order chi connectivity index (χ1) is 7.42. The summed E-state index contributed by atoms with van der Waals surface area (Å²) in [5, 5.41) is 10.9. The van der Waals surface area contributed by atoms with Crippen molar-refractivity contribution in [1.29, 1.82) is 0 Å². The molecule has 0 bridgehead atoms. The van der Waals surface area contributed by atoms with Crippen LogP contribution in [0.25, 0.3) is 0 Å². The van der Waals surface area contributed by atoms with Crippen molar-refractivity contribution in [3.05, 3.63) is 47.8 Å². The largest absolute Gasteiger partial charge is 0.198 e. The Morgan fingerprint density at radius 2 is 1.93 bits per heavy atom. The van der Waals surface area contributed by atoms with Gasteiger partial charge in [0.2, 0.25) is 0 Å². The lowest BCUT2D eigenvalue weighted by Crippen LogP contribution is -2.35. The van der Waals surface area contributed by atoms with Gasteiger partial charge in [-0.25, -0.2) is 0 Å². The average molecular weight is 199 g/mol. The number of aromatic amines is 1. The summed E-state index contributed by atoms with van der Waals surface area (Å²) in [6.45, 7) is 0. The highest BCUT2D eigenvalue weighted by molar-refractivity contribution is 5.36. The first-order valence-corrected chi connectivity index (χ1v) is 5.34. The summed E-state index contributed by atoms with van der Waals surface area (Å²) in [5.74, 6) is 0. The van der Waals surface area contributed by atoms with E-state index in [1.54, 1.807) is 0 Å². The van der Waals surface area contributed by atoms with E-state index >= 15 is 0 Å². The molecule has 15 heavy (non-hydrogen) atoms. The molecule has 1 aliphatic rings. The summed E-state index contributed by atoms with van der Waals surface area (Å²) < 4.78 is 0. The predicted molar refractivity (Wildman–Crippen MR) is 57.5 cm³/mol. The minimum absolute atomic E-state index is 0.133. The summed E-state index contributed by atoms with van der Waals surface area (Å²) in [6, 6.07) is 10.6. The van der Waals surface area contributed by atoms with Crippen molar-refractivity contribution >= 4 is 0 Å². The van der Waals surface area contributed by atoms with E-state index in [0.29, 0.717) is 0 Å². The average Bonchev–Trinajstić information content (AvgIpc) is 2.72. The molecule has 1 heterocycles. The Balaban J connectivity index is 2.08. The van der Waals surface area contributed by atoms with Gasteiger partial charge in [-0.2, -0.15) is 15.4 Å². The Bertz CT molecular complexity index is 429. The maximum Gasteiger partial charge on any atom is 0.0930 e. The smallest absolute Gasteiger partial charge is 0.0930 e. The molecule has 1 aromatic carbocycles. The minimum atomic E-state index is 0.133. The molecular weight excluding hydrogens is 186 g/mol. The number of rotatable bonds is 2. The van der Waals surface area contributed by atoms with Gasteiger partial charge in [-0.3, -0.25) is 0 Å². The highest BCUT2D eigenvalue weighted by Crippen LogP contribution is 2.47. The van der Waals surface area contributed by atoms with E-state index < -0.39 is 0 Å². The molecule has 0 atom stereocenters. The quantitative estimate of drug-likeness (QED) is 0.806. The summed E-state index contributed by atoms with van der Waals surface area (Å²) in [4.78, 5) is 0. The Kier molecular flexibility index (Phi) is 1.84. The van der Waals surface area contributed by atoms with Gasteiger partial charge in [-0.15, -0.1) is 0 Å². The Morgan fingerprint density at radius 3 is 2.47 bits per heavy atom. The number of aromatic nitrogens is 3. The summed E-state index contributed by atoms with van der Waals surface area (Å²) in [6.07, 6.45) is 5.50. The van der Waals surface area contributed by atoms with Crippen molar-refractivity contribution in [3.63, 3.8) is 0 Å². The van der Waals surface area contributed by atoms with Gasteiger partial charge < -0.3 is 0 Å². The number of hydrogen-bond donors (Lipinski definition) is 1. The number of benzene rings is 1. The van der Waals surface area contributed by atoms with Gasteiger partial charge >= 0.3 is 0 Å². The highest BCUT2D eigenvalue weighted by Gasteiger charge is 2.42. The molecular formula is C12H13N3. The third-order valence-electron chi connectivity index (χ3n) is 3.44. The lowest BCUT2D eigenvalue weighted by atomic mass is 9.63. The number of nitrogens with zero attached hydrogens (tertiary/aromatic N) is 2. The Morgan fingerprint density at radius 1 is 1.13 bits per heavy atom. The SMILES string of the molecule is c1ccc(C2(c3cn[nH]n3)CCC2)cc1. The molecule has 2 aromatic rings. The molecule has 0 aliphatic heterocycles. The number of nitrogens with one attached hydrogen (secondary N) is 1. The van der Waals surface area contributed by atoms with Gasteiger partial charge in [0, 0.05) is 5.41 Å². The fourth-order valence-corrected chi connectivity index (χ4v) is 2.41. The zero-order chi connectivity index (χ0) is 10.1. The molecule has 0 spiro atoms. The lowest BCUT2D eigenvalue weighted by molar-refractivity contribution is 0.293. The van der Waals surface area contributed by atoms with Crippen LogP contribution in [0.15, 0.2) is 36.5 Å². The van der Waals surface area contributed by atoms with E-state index in [4.69, 9.17) is 0 Å². The topological polar surface area (TPSA) is 41.6 Å². The van der Waals surface area contributed by atoms with Crippen molar-refractivity contribution in [2.75, 3.05) is 0 Å². The second kappa shape index (κ2) is 3.19. The molecule has 1 N–H and O–H groups in total. The van der Waals surface area contributed by atoms with E-state index in [0.717, 1.165) is 5.69 Å². The first-order valence-electron chi connectivity index (χ1n) is 5.34. The molecule has 0 amide bonds. The molecule has 1 fully saturated rings. The molecule has 76 valence electrons. The van der Waals surface area contributed by atoms with Gasteiger partial charge in [-0.1, -0.05) is 36.8 Å². The lowest BCUT2D eigenvalue weighted by Gasteiger charge is -2.40. The molecule has 0 saturated heterocycles. The summed E-state index contributed by atoms with van der Waals surface area (Å²) >= 11 is 0. The van der Waals surface area contributed by atoms with Crippen molar-refractivity contribution in [1.82, 2.24) is 15.4 Å². The van der Waals surface area contributed by atoms with Gasteiger partial charge in [-0.05, 0) is 18.4 Å². The van der Waals surface area contributed by atoms with Crippen LogP contribution in [0.3, 0.4) is 0 Å². The second-order valence-electron chi connectivity index (χ2n) is 4.16. The molecule has 3 heteroatoms. The molecule has 1 aliphatic carbocycles. The summed E-state index contributed by atoms with van der Waals surface area (Å²) in [5.41, 5.74) is 2.58. The van der Waals surface area contributed by atoms with Crippen LogP contribution in [0, 0.1) is 0 Å². The van der Waals surface area contributed by atoms with Crippen LogP contribution in [0.2, 0.25) is 0 Å². The van der Waals surface area contributed by atoms with Crippen LogP contribution in [-0.4, -0.2) is 15.4 Å². The van der Waals surface area contributed by atoms with Gasteiger partial charge in [0.05, 0.1) is 11.9 Å². The Labute approximate surface area is 88.5 Å².